The fourth-order valence-electron chi connectivity index (χ4n) is 1.89. The maximum Gasteiger partial charge on any atom is 0.286 e. The third kappa shape index (κ3) is 4.28. The second kappa shape index (κ2) is 7.27. The number of hydrogen-bond donors (Lipinski definition) is 2. The molecule has 0 saturated carbocycles. The molecule has 0 unspecified atom stereocenters. The molecule has 3 aromatic rings. The number of carbonyl (C=O) groups excluding carboxylic acids is 1. The van der Waals surface area contributed by atoms with Gasteiger partial charge in [0.15, 0.2) is 5.03 Å². The van der Waals surface area contributed by atoms with E-state index in [4.69, 9.17) is 0 Å². The number of aromatic nitrogens is 4. The highest BCUT2D eigenvalue weighted by Gasteiger charge is 2.19. The zero-order chi connectivity index (χ0) is 18.7. The van der Waals surface area contributed by atoms with Gasteiger partial charge in [0, 0.05) is 18.9 Å². The third-order valence-electron chi connectivity index (χ3n) is 3.13. The quantitative estimate of drug-likeness (QED) is 0.645. The minimum absolute atomic E-state index is 0.0568. The number of anilines is 1. The molecule has 0 spiro atoms. The van der Waals surface area contributed by atoms with Gasteiger partial charge in [-0.2, -0.15) is 0 Å². The van der Waals surface area contributed by atoms with E-state index < -0.39 is 21.7 Å². The standard InChI is InChI=1S/C14H13FN6O3S2/c1-21-7-12(16-8-21)26(23,24)17-6-11-19-20-14(25-11)13(22)18-10-4-2-9(15)3-5-10/h2-5,7-8,17H,6H2,1H3,(H,18,22). The van der Waals surface area contributed by atoms with Crippen molar-refractivity contribution in [2.75, 3.05) is 5.32 Å². The number of hydrogen-bond acceptors (Lipinski definition) is 7. The molecular weight excluding hydrogens is 383 g/mol. The number of nitrogens with zero attached hydrogens (tertiary/aromatic N) is 4. The maximum absolute atomic E-state index is 12.9. The molecule has 26 heavy (non-hydrogen) atoms. The highest BCUT2D eigenvalue weighted by molar-refractivity contribution is 7.89. The summed E-state index contributed by atoms with van der Waals surface area (Å²) in [5, 5.41) is 10.3. The molecule has 0 radical (unpaired) electrons. The minimum Gasteiger partial charge on any atom is -0.339 e. The monoisotopic (exact) mass is 396 g/mol. The fraction of sp³-hybridized carbons (Fsp3) is 0.143. The van der Waals surface area contributed by atoms with E-state index in [0.717, 1.165) is 11.3 Å². The van der Waals surface area contributed by atoms with Gasteiger partial charge in [0.1, 0.15) is 10.8 Å². The summed E-state index contributed by atoms with van der Waals surface area (Å²) in [5.41, 5.74) is 0.406. The first-order valence-electron chi connectivity index (χ1n) is 7.20. The van der Waals surface area contributed by atoms with Crippen LogP contribution in [0, 0.1) is 5.82 Å². The van der Waals surface area contributed by atoms with Gasteiger partial charge in [-0.25, -0.2) is 22.5 Å². The van der Waals surface area contributed by atoms with Gasteiger partial charge < -0.3 is 9.88 Å². The van der Waals surface area contributed by atoms with Gasteiger partial charge in [0.2, 0.25) is 5.01 Å². The minimum atomic E-state index is -3.78. The highest BCUT2D eigenvalue weighted by Crippen LogP contribution is 2.14. The Hall–Kier alpha value is -2.70. The lowest BCUT2D eigenvalue weighted by atomic mass is 10.3. The van der Waals surface area contributed by atoms with E-state index >= 15 is 0 Å². The molecule has 12 heteroatoms. The van der Waals surface area contributed by atoms with Crippen LogP contribution in [0.2, 0.25) is 0 Å². The predicted molar refractivity (Wildman–Crippen MR) is 91.5 cm³/mol. The zero-order valence-electron chi connectivity index (χ0n) is 13.4. The molecule has 2 heterocycles. The molecule has 2 aromatic heterocycles. The summed E-state index contributed by atoms with van der Waals surface area (Å²) in [6.07, 6.45) is 2.74. The Morgan fingerprint density at radius 2 is 2.00 bits per heavy atom. The van der Waals surface area contributed by atoms with E-state index in [1.807, 2.05) is 0 Å². The first-order valence-corrected chi connectivity index (χ1v) is 9.50. The van der Waals surface area contributed by atoms with Gasteiger partial charge in [-0.05, 0) is 24.3 Å². The molecule has 136 valence electrons. The molecule has 3 rings (SSSR count). The third-order valence-corrected chi connectivity index (χ3v) is 5.34. The van der Waals surface area contributed by atoms with E-state index in [9.17, 15) is 17.6 Å². The summed E-state index contributed by atoms with van der Waals surface area (Å²) >= 11 is 0.944. The van der Waals surface area contributed by atoms with Gasteiger partial charge in [-0.1, -0.05) is 11.3 Å². The molecule has 0 aliphatic rings. The highest BCUT2D eigenvalue weighted by atomic mass is 32.2. The topological polar surface area (TPSA) is 119 Å². The van der Waals surface area contributed by atoms with E-state index in [-0.39, 0.29) is 16.6 Å². The molecule has 9 nitrogen and oxygen atoms in total. The van der Waals surface area contributed by atoms with Gasteiger partial charge >= 0.3 is 0 Å². The van der Waals surface area contributed by atoms with Crippen LogP contribution < -0.4 is 10.0 Å². The first kappa shape index (κ1) is 18.1. The second-order valence-corrected chi connectivity index (χ2v) is 7.94. The number of benzene rings is 1. The molecule has 2 N–H and O–H groups in total. The molecule has 0 saturated heterocycles. The summed E-state index contributed by atoms with van der Waals surface area (Å²) in [6.45, 7) is -0.125. The Kier molecular flexibility index (Phi) is 5.06. The first-order chi connectivity index (χ1) is 12.3. The van der Waals surface area contributed by atoms with E-state index in [2.05, 4.69) is 25.2 Å². The van der Waals surface area contributed by atoms with Crippen molar-refractivity contribution >= 4 is 33.0 Å². The van der Waals surface area contributed by atoms with Crippen LogP contribution in [0.3, 0.4) is 0 Å². The van der Waals surface area contributed by atoms with Crippen molar-refractivity contribution < 1.29 is 17.6 Å². The summed E-state index contributed by atoms with van der Waals surface area (Å²) < 4.78 is 40.9. The van der Waals surface area contributed by atoms with E-state index in [1.165, 1.54) is 41.4 Å². The lowest BCUT2D eigenvalue weighted by Gasteiger charge is -2.02. The summed E-state index contributed by atoms with van der Waals surface area (Å²) in [4.78, 5) is 15.9. The van der Waals surface area contributed by atoms with Crippen molar-refractivity contribution in [2.24, 2.45) is 7.05 Å². The van der Waals surface area contributed by atoms with Gasteiger partial charge in [-0.15, -0.1) is 10.2 Å². The fourth-order valence-corrected chi connectivity index (χ4v) is 3.62. The smallest absolute Gasteiger partial charge is 0.286 e. The molecule has 1 amide bonds. The average molecular weight is 396 g/mol. The molecule has 0 fully saturated rings. The number of nitrogens with one attached hydrogen (secondary N) is 2. The SMILES string of the molecule is Cn1cnc(S(=O)(=O)NCc2nnc(C(=O)Nc3ccc(F)cc3)s2)c1. The van der Waals surface area contributed by atoms with Crippen molar-refractivity contribution in [3.8, 4) is 0 Å². The maximum atomic E-state index is 12.9. The summed E-state index contributed by atoms with van der Waals surface area (Å²) in [6, 6.07) is 5.26. The van der Waals surface area contributed by atoms with Gasteiger partial charge in [0.05, 0.1) is 12.9 Å². The summed E-state index contributed by atoms with van der Waals surface area (Å²) in [5.74, 6) is -0.936. The molecule has 0 bridgehead atoms. The number of imidazole rings is 1. The zero-order valence-corrected chi connectivity index (χ0v) is 15.0. The largest absolute Gasteiger partial charge is 0.339 e. The van der Waals surface area contributed by atoms with Crippen LogP contribution >= 0.6 is 11.3 Å². The summed E-state index contributed by atoms with van der Waals surface area (Å²) in [7, 11) is -2.12. The Bertz CT molecular complexity index is 1030. The van der Waals surface area contributed by atoms with Crippen molar-refractivity contribution in [1.29, 1.82) is 0 Å². The number of amides is 1. The van der Waals surface area contributed by atoms with Crippen molar-refractivity contribution in [3.63, 3.8) is 0 Å². The van der Waals surface area contributed by atoms with Crippen LogP contribution in [0.5, 0.6) is 0 Å². The van der Waals surface area contributed by atoms with Crippen molar-refractivity contribution in [3.05, 3.63) is 52.6 Å². The molecule has 0 aliphatic carbocycles. The Balaban J connectivity index is 1.62. The van der Waals surface area contributed by atoms with Crippen molar-refractivity contribution in [2.45, 2.75) is 11.6 Å². The normalized spacial score (nSPS) is 11.5. The Labute approximate surface area is 152 Å². The van der Waals surface area contributed by atoms with Crippen LogP contribution in [0.1, 0.15) is 14.8 Å². The number of rotatable bonds is 6. The predicted octanol–water partition coefficient (Wildman–Crippen LogP) is 1.14. The van der Waals surface area contributed by atoms with E-state index in [0.29, 0.717) is 10.7 Å². The lowest BCUT2D eigenvalue weighted by Crippen LogP contribution is -2.23. The van der Waals surface area contributed by atoms with Gasteiger partial charge in [0.25, 0.3) is 15.9 Å². The van der Waals surface area contributed by atoms with Crippen LogP contribution in [0.4, 0.5) is 10.1 Å². The second-order valence-electron chi connectivity index (χ2n) is 5.16. The van der Waals surface area contributed by atoms with Crippen LogP contribution in [-0.2, 0) is 23.6 Å². The number of aryl methyl sites for hydroxylation is 1. The van der Waals surface area contributed by atoms with Crippen LogP contribution in [-0.4, -0.2) is 34.1 Å². The average Bonchev–Trinajstić information content (AvgIpc) is 3.24. The van der Waals surface area contributed by atoms with Crippen LogP contribution in [0.15, 0.2) is 41.8 Å². The van der Waals surface area contributed by atoms with Crippen molar-refractivity contribution in [1.82, 2.24) is 24.5 Å². The molecule has 1 aromatic carbocycles. The van der Waals surface area contributed by atoms with Gasteiger partial charge in [-0.3, -0.25) is 4.79 Å². The number of sulfonamides is 1. The Morgan fingerprint density at radius 1 is 1.27 bits per heavy atom. The number of halogens is 1. The Morgan fingerprint density at radius 3 is 2.65 bits per heavy atom. The van der Waals surface area contributed by atoms with Crippen LogP contribution in [0.25, 0.3) is 0 Å². The molecule has 0 aliphatic heterocycles. The van der Waals surface area contributed by atoms with E-state index in [1.54, 1.807) is 7.05 Å². The molecule has 0 atom stereocenters. The molecular formula is C14H13FN6O3S2. The lowest BCUT2D eigenvalue weighted by molar-refractivity contribution is 0.102. The number of carbonyl (C=O) groups is 1.